The minimum absolute atomic E-state index is 0.0722. The average Bonchev–Trinajstić information content (AvgIpc) is 2.36. The molecular weight excluding hydrogens is 258 g/mol. The molecule has 1 fully saturated rings. The molecule has 0 spiro atoms. The van der Waals surface area contributed by atoms with Crippen molar-refractivity contribution in [2.24, 2.45) is 11.7 Å². The van der Waals surface area contributed by atoms with E-state index in [0.29, 0.717) is 23.7 Å². The lowest BCUT2D eigenvalue weighted by Gasteiger charge is -2.34. The molecule has 1 aliphatic carbocycles. The Balaban J connectivity index is 1.92. The Bertz CT molecular complexity index is 495. The van der Waals surface area contributed by atoms with Gasteiger partial charge in [-0.2, -0.15) is 0 Å². The van der Waals surface area contributed by atoms with E-state index >= 15 is 0 Å². The Hall–Kier alpha value is -2.08. The van der Waals surface area contributed by atoms with E-state index in [-0.39, 0.29) is 12.0 Å². The highest BCUT2D eigenvalue weighted by Crippen LogP contribution is 2.27. The van der Waals surface area contributed by atoms with Gasteiger partial charge in [0.05, 0.1) is 6.10 Å². The van der Waals surface area contributed by atoms with Crippen LogP contribution in [0.3, 0.4) is 0 Å². The number of aliphatic hydroxyl groups excluding tert-OH is 1. The van der Waals surface area contributed by atoms with Gasteiger partial charge in [0.1, 0.15) is 0 Å². The van der Waals surface area contributed by atoms with Crippen molar-refractivity contribution >= 4 is 17.6 Å². The number of carbonyl (C=O) groups is 2. The molecule has 0 saturated heterocycles. The predicted octanol–water partition coefficient (Wildman–Crippen LogP) is 1.02. The van der Waals surface area contributed by atoms with Gasteiger partial charge in [0.15, 0.2) is 0 Å². The molecule has 1 aliphatic rings. The van der Waals surface area contributed by atoms with Gasteiger partial charge in [-0.25, -0.2) is 4.79 Å². The van der Waals surface area contributed by atoms with E-state index in [1.165, 1.54) is 0 Å². The van der Waals surface area contributed by atoms with Crippen LogP contribution in [-0.2, 0) is 0 Å². The second kappa shape index (κ2) is 5.92. The maximum absolute atomic E-state index is 12.2. The van der Waals surface area contributed by atoms with E-state index in [4.69, 9.17) is 5.73 Å². The topological polar surface area (TPSA) is 95.7 Å². The van der Waals surface area contributed by atoms with Crippen LogP contribution >= 0.6 is 0 Å². The van der Waals surface area contributed by atoms with E-state index in [1.807, 2.05) is 0 Å². The number of benzene rings is 1. The summed E-state index contributed by atoms with van der Waals surface area (Å²) < 4.78 is 0. The van der Waals surface area contributed by atoms with Crippen LogP contribution in [0.15, 0.2) is 24.3 Å². The SMILES string of the molecule is CN(CC1CC(O)C1)C(=O)c1ccc(NC(N)=O)cc1. The number of rotatable bonds is 4. The molecule has 3 amide bonds. The number of nitrogens with one attached hydrogen (secondary N) is 1. The number of aliphatic hydroxyl groups is 1. The van der Waals surface area contributed by atoms with Crippen LogP contribution in [0, 0.1) is 5.92 Å². The fourth-order valence-corrected chi connectivity index (χ4v) is 2.38. The lowest BCUT2D eigenvalue weighted by atomic mass is 9.82. The molecule has 0 heterocycles. The normalized spacial score (nSPS) is 20.9. The van der Waals surface area contributed by atoms with E-state index < -0.39 is 6.03 Å². The minimum Gasteiger partial charge on any atom is -0.393 e. The first-order valence-electron chi connectivity index (χ1n) is 6.55. The third kappa shape index (κ3) is 3.48. The van der Waals surface area contributed by atoms with Crippen LogP contribution in [0.4, 0.5) is 10.5 Å². The molecule has 108 valence electrons. The standard InChI is InChI=1S/C14H19N3O3/c1-17(8-9-6-12(18)7-9)13(19)10-2-4-11(5-3-10)16-14(15)20/h2-5,9,12,18H,6-8H2,1H3,(H3,15,16,20). The Morgan fingerprint density at radius 1 is 1.35 bits per heavy atom. The highest BCUT2D eigenvalue weighted by atomic mass is 16.3. The number of hydrogen-bond donors (Lipinski definition) is 3. The monoisotopic (exact) mass is 277 g/mol. The fraction of sp³-hybridized carbons (Fsp3) is 0.429. The first-order valence-corrected chi connectivity index (χ1v) is 6.55. The lowest BCUT2D eigenvalue weighted by Crippen LogP contribution is -2.39. The van der Waals surface area contributed by atoms with Gasteiger partial charge in [0, 0.05) is 24.8 Å². The van der Waals surface area contributed by atoms with Crippen molar-refractivity contribution in [1.29, 1.82) is 0 Å². The van der Waals surface area contributed by atoms with Gasteiger partial charge in [-0.05, 0) is 43.0 Å². The second-order valence-corrected chi connectivity index (χ2v) is 5.24. The van der Waals surface area contributed by atoms with E-state index in [9.17, 15) is 14.7 Å². The summed E-state index contributed by atoms with van der Waals surface area (Å²) in [6.07, 6.45) is 1.32. The van der Waals surface area contributed by atoms with Gasteiger partial charge in [-0.1, -0.05) is 0 Å². The van der Waals surface area contributed by atoms with Gasteiger partial charge in [0.2, 0.25) is 0 Å². The van der Waals surface area contributed by atoms with Crippen molar-refractivity contribution in [3.8, 4) is 0 Å². The summed E-state index contributed by atoms with van der Waals surface area (Å²) in [4.78, 5) is 24.5. The number of nitrogens with two attached hydrogens (primary N) is 1. The number of urea groups is 1. The summed E-state index contributed by atoms with van der Waals surface area (Å²) in [5.41, 5.74) is 6.12. The smallest absolute Gasteiger partial charge is 0.316 e. The fourth-order valence-electron chi connectivity index (χ4n) is 2.38. The summed E-state index contributed by atoms with van der Waals surface area (Å²) in [5.74, 6) is 0.312. The summed E-state index contributed by atoms with van der Waals surface area (Å²) in [6.45, 7) is 0.650. The predicted molar refractivity (Wildman–Crippen MR) is 75.3 cm³/mol. The van der Waals surface area contributed by atoms with Crippen LogP contribution in [0.1, 0.15) is 23.2 Å². The summed E-state index contributed by atoms with van der Waals surface area (Å²) >= 11 is 0. The summed E-state index contributed by atoms with van der Waals surface area (Å²) in [5, 5.41) is 11.7. The van der Waals surface area contributed by atoms with Crippen molar-refractivity contribution in [2.75, 3.05) is 18.9 Å². The van der Waals surface area contributed by atoms with Crippen molar-refractivity contribution in [1.82, 2.24) is 4.90 Å². The number of anilines is 1. The van der Waals surface area contributed by atoms with Crippen molar-refractivity contribution in [3.05, 3.63) is 29.8 Å². The summed E-state index contributed by atoms with van der Waals surface area (Å²) in [7, 11) is 1.75. The van der Waals surface area contributed by atoms with Gasteiger partial charge in [0.25, 0.3) is 5.91 Å². The van der Waals surface area contributed by atoms with Gasteiger partial charge < -0.3 is 21.1 Å². The second-order valence-electron chi connectivity index (χ2n) is 5.24. The third-order valence-electron chi connectivity index (χ3n) is 3.49. The summed E-state index contributed by atoms with van der Waals surface area (Å²) in [6, 6.07) is 5.95. The number of hydrogen-bond acceptors (Lipinski definition) is 3. The molecule has 0 aliphatic heterocycles. The lowest BCUT2D eigenvalue weighted by molar-refractivity contribution is 0.0265. The van der Waals surface area contributed by atoms with Crippen LogP contribution < -0.4 is 11.1 Å². The highest BCUT2D eigenvalue weighted by Gasteiger charge is 2.29. The first-order chi connectivity index (χ1) is 9.45. The number of amides is 3. The highest BCUT2D eigenvalue weighted by molar-refractivity contribution is 5.95. The van der Waals surface area contributed by atoms with Crippen LogP contribution in [0.25, 0.3) is 0 Å². The van der Waals surface area contributed by atoms with Crippen LogP contribution in [-0.4, -0.2) is 41.6 Å². The number of nitrogens with zero attached hydrogens (tertiary/aromatic N) is 1. The molecule has 1 saturated carbocycles. The Morgan fingerprint density at radius 2 is 1.95 bits per heavy atom. The molecule has 4 N–H and O–H groups in total. The van der Waals surface area contributed by atoms with E-state index in [1.54, 1.807) is 36.2 Å². The molecule has 0 bridgehead atoms. The Labute approximate surface area is 117 Å². The zero-order valence-corrected chi connectivity index (χ0v) is 11.4. The molecule has 6 heteroatoms. The first kappa shape index (κ1) is 14.3. The Kier molecular flexibility index (Phi) is 4.24. The quantitative estimate of drug-likeness (QED) is 0.766. The zero-order chi connectivity index (χ0) is 14.7. The minimum atomic E-state index is -0.635. The largest absolute Gasteiger partial charge is 0.393 e. The van der Waals surface area contributed by atoms with Crippen LogP contribution in [0.5, 0.6) is 0 Å². The van der Waals surface area contributed by atoms with E-state index in [0.717, 1.165) is 12.8 Å². The van der Waals surface area contributed by atoms with Crippen molar-refractivity contribution in [2.45, 2.75) is 18.9 Å². The molecule has 6 nitrogen and oxygen atoms in total. The molecule has 0 atom stereocenters. The number of carbonyl (C=O) groups excluding carboxylic acids is 2. The molecule has 0 radical (unpaired) electrons. The Morgan fingerprint density at radius 3 is 2.45 bits per heavy atom. The molecule has 2 rings (SSSR count). The van der Waals surface area contributed by atoms with Crippen LogP contribution in [0.2, 0.25) is 0 Å². The third-order valence-corrected chi connectivity index (χ3v) is 3.49. The van der Waals surface area contributed by atoms with E-state index in [2.05, 4.69) is 5.32 Å². The van der Waals surface area contributed by atoms with Crippen molar-refractivity contribution in [3.63, 3.8) is 0 Å². The zero-order valence-electron chi connectivity index (χ0n) is 11.4. The molecule has 0 unspecified atom stereocenters. The molecule has 1 aromatic rings. The van der Waals surface area contributed by atoms with Gasteiger partial charge in [-0.15, -0.1) is 0 Å². The average molecular weight is 277 g/mol. The molecule has 20 heavy (non-hydrogen) atoms. The van der Waals surface area contributed by atoms with Gasteiger partial charge in [-0.3, -0.25) is 4.79 Å². The van der Waals surface area contributed by atoms with Crippen molar-refractivity contribution < 1.29 is 14.7 Å². The molecule has 0 aromatic heterocycles. The maximum atomic E-state index is 12.2. The maximum Gasteiger partial charge on any atom is 0.316 e. The number of primary amides is 1. The molecule has 1 aromatic carbocycles. The van der Waals surface area contributed by atoms with Gasteiger partial charge >= 0.3 is 6.03 Å². The molecular formula is C14H19N3O3.